The molecule has 2 aliphatic carbocycles. The van der Waals surface area contributed by atoms with Crippen molar-refractivity contribution in [3.05, 3.63) is 132 Å². The van der Waals surface area contributed by atoms with Gasteiger partial charge in [0.2, 0.25) is 0 Å². The molecule has 0 saturated carbocycles. The van der Waals surface area contributed by atoms with Crippen molar-refractivity contribution in [2.75, 3.05) is 10.2 Å². The van der Waals surface area contributed by atoms with Crippen molar-refractivity contribution in [1.29, 1.82) is 0 Å². The number of hydrogen-bond acceptors (Lipinski definition) is 2. The predicted molar refractivity (Wildman–Crippen MR) is 148 cm³/mol. The van der Waals surface area contributed by atoms with Crippen molar-refractivity contribution < 1.29 is 0 Å². The van der Waals surface area contributed by atoms with Gasteiger partial charge in [0.15, 0.2) is 0 Å². The van der Waals surface area contributed by atoms with E-state index in [-0.39, 0.29) is 0 Å². The number of fused-ring (bicyclic) bond motifs is 5. The summed E-state index contributed by atoms with van der Waals surface area (Å²) in [6.45, 7) is 2.35. The maximum Gasteiger partial charge on any atom is 0.0553 e. The molecule has 2 nitrogen and oxygen atoms in total. The molecule has 35 heavy (non-hydrogen) atoms. The maximum atomic E-state index is 3.70. The minimum atomic E-state index is 0.303. The Labute approximate surface area is 206 Å². The number of allylic oxidation sites excluding steroid dienone is 2. The van der Waals surface area contributed by atoms with Gasteiger partial charge < -0.3 is 10.2 Å². The summed E-state index contributed by atoms with van der Waals surface area (Å²) in [6, 6.07) is 31.2. The molecule has 170 valence electrons. The molecular formula is C33H28N2. The fraction of sp³-hybridized carbons (Fsp3) is 0.152. The van der Waals surface area contributed by atoms with Crippen LogP contribution in [0, 0.1) is 0 Å². The molecule has 0 aromatic heterocycles. The van der Waals surface area contributed by atoms with E-state index >= 15 is 0 Å². The maximum absolute atomic E-state index is 3.70. The molecule has 0 radical (unpaired) electrons. The van der Waals surface area contributed by atoms with Gasteiger partial charge in [-0.1, -0.05) is 98.0 Å². The highest BCUT2D eigenvalue weighted by Gasteiger charge is 2.33. The van der Waals surface area contributed by atoms with Crippen molar-refractivity contribution in [3.8, 4) is 0 Å². The molecule has 0 saturated heterocycles. The van der Waals surface area contributed by atoms with Gasteiger partial charge in [0.05, 0.1) is 17.4 Å². The fourth-order valence-corrected chi connectivity index (χ4v) is 6.11. The standard InChI is InChI=1S/C33H28N2/c1-22-9-6-12-24-13-8-18-32(33(22)24)35(31-17-7-11-23-10-2-3-14-26(23)31)25-19-20-30-28(21-25)27-15-4-5-16-29(27)34-30/h2-8,10-22,28,30,34H,9H2,1H3/t22?,28-,30?/m0/s1. The third-order valence-corrected chi connectivity index (χ3v) is 7.76. The smallest absolute Gasteiger partial charge is 0.0553 e. The van der Waals surface area contributed by atoms with E-state index in [1.807, 2.05) is 0 Å². The Hall–Kier alpha value is -4.04. The van der Waals surface area contributed by atoms with E-state index in [0.717, 1.165) is 6.42 Å². The molecule has 0 amide bonds. The van der Waals surface area contributed by atoms with Crippen molar-refractivity contribution in [3.63, 3.8) is 0 Å². The Bertz CT molecular complexity index is 1530. The largest absolute Gasteiger partial charge is 0.378 e. The van der Waals surface area contributed by atoms with E-state index in [2.05, 4.69) is 132 Å². The Kier molecular flexibility index (Phi) is 4.66. The number of nitrogens with one attached hydrogen (secondary N) is 1. The molecule has 2 unspecified atom stereocenters. The minimum absolute atomic E-state index is 0.303. The van der Waals surface area contributed by atoms with E-state index in [4.69, 9.17) is 0 Å². The van der Waals surface area contributed by atoms with Crippen LogP contribution in [-0.4, -0.2) is 6.04 Å². The van der Waals surface area contributed by atoms with Crippen LogP contribution in [0.5, 0.6) is 0 Å². The third-order valence-electron chi connectivity index (χ3n) is 7.76. The summed E-state index contributed by atoms with van der Waals surface area (Å²) in [5, 5.41) is 6.24. The van der Waals surface area contributed by atoms with Gasteiger partial charge in [-0.25, -0.2) is 0 Å². The number of hydrogen-bond donors (Lipinski definition) is 1. The molecule has 3 aliphatic rings. The molecule has 0 fully saturated rings. The zero-order valence-electron chi connectivity index (χ0n) is 19.9. The fourth-order valence-electron chi connectivity index (χ4n) is 6.11. The molecule has 1 aliphatic heterocycles. The van der Waals surface area contributed by atoms with E-state index in [0.29, 0.717) is 17.9 Å². The van der Waals surface area contributed by atoms with Crippen LogP contribution in [0.4, 0.5) is 17.1 Å². The van der Waals surface area contributed by atoms with E-state index in [1.165, 1.54) is 50.2 Å². The zero-order chi connectivity index (χ0) is 23.4. The molecule has 4 aromatic carbocycles. The summed E-state index contributed by atoms with van der Waals surface area (Å²) >= 11 is 0. The van der Waals surface area contributed by atoms with Crippen LogP contribution >= 0.6 is 0 Å². The normalized spacial score (nSPS) is 21.6. The zero-order valence-corrected chi connectivity index (χ0v) is 19.9. The second-order valence-electron chi connectivity index (χ2n) is 9.89. The summed E-state index contributed by atoms with van der Waals surface area (Å²) in [4.78, 5) is 2.50. The predicted octanol–water partition coefficient (Wildman–Crippen LogP) is 8.53. The summed E-state index contributed by atoms with van der Waals surface area (Å²) < 4.78 is 0. The van der Waals surface area contributed by atoms with E-state index < -0.39 is 0 Å². The first-order valence-electron chi connectivity index (χ1n) is 12.6. The van der Waals surface area contributed by atoms with Gasteiger partial charge in [-0.2, -0.15) is 0 Å². The van der Waals surface area contributed by atoms with Crippen LogP contribution in [0.25, 0.3) is 16.8 Å². The number of nitrogens with zero attached hydrogens (tertiary/aromatic N) is 1. The van der Waals surface area contributed by atoms with Crippen LogP contribution in [0.15, 0.2) is 115 Å². The van der Waals surface area contributed by atoms with Crippen molar-refractivity contribution in [1.82, 2.24) is 0 Å². The molecular weight excluding hydrogens is 424 g/mol. The summed E-state index contributed by atoms with van der Waals surface area (Å²) in [5.74, 6) is 0.791. The lowest BCUT2D eigenvalue weighted by molar-refractivity contribution is 0.767. The van der Waals surface area contributed by atoms with Crippen LogP contribution in [0.1, 0.15) is 41.9 Å². The molecule has 0 bridgehead atoms. The molecule has 2 heteroatoms. The molecule has 0 spiro atoms. The number of benzene rings is 4. The minimum Gasteiger partial charge on any atom is -0.378 e. The molecule has 4 aromatic rings. The Morgan fingerprint density at radius 1 is 0.800 bits per heavy atom. The highest BCUT2D eigenvalue weighted by atomic mass is 15.2. The van der Waals surface area contributed by atoms with Gasteiger partial charge in [0, 0.05) is 22.7 Å². The molecule has 1 heterocycles. The monoisotopic (exact) mass is 452 g/mol. The summed E-state index contributed by atoms with van der Waals surface area (Å²) in [7, 11) is 0. The lowest BCUT2D eigenvalue weighted by atomic mass is 9.85. The van der Waals surface area contributed by atoms with Crippen LogP contribution in [0.2, 0.25) is 0 Å². The van der Waals surface area contributed by atoms with Gasteiger partial charge in [0.1, 0.15) is 0 Å². The third kappa shape index (κ3) is 3.24. The van der Waals surface area contributed by atoms with E-state index in [9.17, 15) is 0 Å². The number of rotatable bonds is 3. The van der Waals surface area contributed by atoms with Gasteiger partial charge >= 0.3 is 0 Å². The van der Waals surface area contributed by atoms with Crippen molar-refractivity contribution in [2.45, 2.75) is 31.2 Å². The average molecular weight is 453 g/mol. The molecule has 3 atom stereocenters. The number of anilines is 3. The first kappa shape index (κ1) is 20.3. The first-order chi connectivity index (χ1) is 17.3. The Morgan fingerprint density at radius 3 is 2.57 bits per heavy atom. The van der Waals surface area contributed by atoms with Crippen molar-refractivity contribution >= 4 is 33.9 Å². The van der Waals surface area contributed by atoms with E-state index in [1.54, 1.807) is 0 Å². The first-order valence-corrected chi connectivity index (χ1v) is 12.6. The van der Waals surface area contributed by atoms with Crippen LogP contribution in [-0.2, 0) is 0 Å². The highest BCUT2D eigenvalue weighted by molar-refractivity contribution is 5.98. The van der Waals surface area contributed by atoms with Gasteiger partial charge in [-0.15, -0.1) is 0 Å². The second-order valence-corrected chi connectivity index (χ2v) is 9.89. The molecule has 1 N–H and O–H groups in total. The summed E-state index contributed by atoms with van der Waals surface area (Å²) in [6.07, 6.45) is 12.8. The van der Waals surface area contributed by atoms with Crippen molar-refractivity contribution in [2.24, 2.45) is 0 Å². The highest BCUT2D eigenvalue weighted by Crippen LogP contribution is 2.46. The summed E-state index contributed by atoms with van der Waals surface area (Å²) in [5.41, 5.74) is 9.13. The van der Waals surface area contributed by atoms with Gasteiger partial charge in [0.25, 0.3) is 0 Å². The second kappa shape index (κ2) is 8.02. The number of para-hydroxylation sites is 1. The van der Waals surface area contributed by atoms with Crippen LogP contribution in [0.3, 0.4) is 0 Å². The van der Waals surface area contributed by atoms with Crippen LogP contribution < -0.4 is 10.2 Å². The lowest BCUT2D eigenvalue weighted by Gasteiger charge is -2.34. The molecule has 7 rings (SSSR count). The quantitative estimate of drug-likeness (QED) is 0.335. The van der Waals surface area contributed by atoms with Gasteiger partial charge in [-0.05, 0) is 58.7 Å². The SMILES string of the molecule is CC1CC=Cc2cccc(N(C3=C[C@H]4c5ccccc5NC4C=C3)c3cccc4ccccc34)c21. The average Bonchev–Trinajstić information content (AvgIpc) is 3.27. The topological polar surface area (TPSA) is 15.3 Å². The van der Waals surface area contributed by atoms with Gasteiger partial charge in [-0.3, -0.25) is 0 Å². The Morgan fingerprint density at radius 2 is 1.60 bits per heavy atom. The Balaban J connectivity index is 1.47. The lowest BCUT2D eigenvalue weighted by Crippen LogP contribution is -2.25.